The Balaban J connectivity index is 2.01. The molecule has 0 saturated heterocycles. The maximum absolute atomic E-state index is 10.5. The minimum atomic E-state index is -0.528. The van der Waals surface area contributed by atoms with E-state index >= 15 is 0 Å². The summed E-state index contributed by atoms with van der Waals surface area (Å²) >= 11 is 0. The van der Waals surface area contributed by atoms with Crippen molar-refractivity contribution in [1.82, 2.24) is 4.98 Å². The fourth-order valence-electron chi connectivity index (χ4n) is 1.52. The second-order valence-corrected chi connectivity index (χ2v) is 3.96. The Morgan fingerprint density at radius 2 is 2.24 bits per heavy atom. The summed E-state index contributed by atoms with van der Waals surface area (Å²) in [4.78, 5) is 13.8. The highest BCUT2D eigenvalue weighted by atomic mass is 16.6. The van der Waals surface area contributed by atoms with Crippen LogP contribution in [0, 0.1) is 10.1 Å². The minimum absolute atomic E-state index is 0.00918. The Hall–Kier alpha value is -3.16. The first-order valence-electron chi connectivity index (χ1n) is 5.86. The van der Waals surface area contributed by atoms with E-state index in [1.807, 2.05) is 0 Å². The number of aromatic hydroxyl groups is 1. The lowest BCUT2D eigenvalue weighted by atomic mass is 10.2. The number of nitrogens with one attached hydrogen (secondary N) is 1. The van der Waals surface area contributed by atoms with Crippen LogP contribution in [0.4, 0.5) is 11.5 Å². The third-order valence-corrected chi connectivity index (χ3v) is 2.55. The number of nitrogens with zero attached hydrogens (tertiary/aromatic N) is 3. The molecule has 0 radical (unpaired) electrons. The van der Waals surface area contributed by atoms with Gasteiger partial charge in [0, 0.05) is 6.07 Å². The number of hydrogen-bond donors (Lipinski definition) is 2. The van der Waals surface area contributed by atoms with Gasteiger partial charge in [-0.15, -0.1) is 0 Å². The van der Waals surface area contributed by atoms with Crippen molar-refractivity contribution in [2.24, 2.45) is 5.10 Å². The molecule has 0 bridgehead atoms. The predicted molar refractivity (Wildman–Crippen MR) is 76.8 cm³/mol. The van der Waals surface area contributed by atoms with Gasteiger partial charge in [0.1, 0.15) is 12.0 Å². The number of ether oxygens (including phenoxy) is 1. The molecule has 8 nitrogen and oxygen atoms in total. The number of phenols is 1. The third-order valence-electron chi connectivity index (χ3n) is 2.55. The van der Waals surface area contributed by atoms with Crippen LogP contribution in [0.3, 0.4) is 0 Å². The quantitative estimate of drug-likeness (QED) is 0.495. The fraction of sp³-hybridized carbons (Fsp3) is 0.0769. The van der Waals surface area contributed by atoms with E-state index in [0.29, 0.717) is 17.1 Å². The number of hydrazone groups is 1. The van der Waals surface area contributed by atoms with E-state index in [1.165, 1.54) is 31.5 Å². The van der Waals surface area contributed by atoms with Crippen LogP contribution in [0.2, 0.25) is 0 Å². The van der Waals surface area contributed by atoms with Crippen molar-refractivity contribution in [1.29, 1.82) is 0 Å². The van der Waals surface area contributed by atoms with E-state index in [2.05, 4.69) is 15.5 Å². The van der Waals surface area contributed by atoms with Crippen molar-refractivity contribution in [2.75, 3.05) is 12.5 Å². The topological polar surface area (TPSA) is 110 Å². The molecule has 1 aromatic carbocycles. The van der Waals surface area contributed by atoms with Gasteiger partial charge in [-0.3, -0.25) is 15.5 Å². The Morgan fingerprint density at radius 3 is 2.81 bits per heavy atom. The Bertz CT molecular complexity index is 670. The van der Waals surface area contributed by atoms with Crippen molar-refractivity contribution in [3.8, 4) is 11.5 Å². The SMILES string of the molecule is COc1ccc(/C=N/Nc2ccc([N+](=O)[O-])cn2)cc1O. The van der Waals surface area contributed by atoms with Crippen LogP contribution < -0.4 is 10.2 Å². The Kier molecular flexibility index (Phi) is 4.30. The molecule has 0 spiro atoms. The molecule has 0 atom stereocenters. The van der Waals surface area contributed by atoms with Gasteiger partial charge in [-0.25, -0.2) is 4.98 Å². The molecule has 0 fully saturated rings. The number of anilines is 1. The predicted octanol–water partition coefficient (Wildman–Crippen LogP) is 2.15. The molecular weight excluding hydrogens is 276 g/mol. The summed E-state index contributed by atoms with van der Waals surface area (Å²) < 4.78 is 4.93. The summed E-state index contributed by atoms with van der Waals surface area (Å²) in [7, 11) is 1.46. The average Bonchev–Trinajstić information content (AvgIpc) is 2.48. The highest BCUT2D eigenvalue weighted by molar-refractivity contribution is 5.81. The number of hydrogen-bond acceptors (Lipinski definition) is 7. The van der Waals surface area contributed by atoms with Gasteiger partial charge in [-0.1, -0.05) is 0 Å². The number of methoxy groups -OCH3 is 1. The number of pyridine rings is 1. The van der Waals surface area contributed by atoms with Crippen LogP contribution in [0.1, 0.15) is 5.56 Å². The van der Waals surface area contributed by atoms with Crippen LogP contribution in [0.5, 0.6) is 11.5 Å². The lowest BCUT2D eigenvalue weighted by Gasteiger charge is -2.03. The zero-order valence-electron chi connectivity index (χ0n) is 11.1. The zero-order valence-corrected chi connectivity index (χ0v) is 11.1. The van der Waals surface area contributed by atoms with Crippen molar-refractivity contribution < 1.29 is 14.8 Å². The number of aromatic nitrogens is 1. The van der Waals surface area contributed by atoms with Crippen LogP contribution in [-0.2, 0) is 0 Å². The van der Waals surface area contributed by atoms with Gasteiger partial charge >= 0.3 is 0 Å². The van der Waals surface area contributed by atoms with E-state index in [1.54, 1.807) is 12.1 Å². The van der Waals surface area contributed by atoms with Gasteiger partial charge in [-0.2, -0.15) is 5.10 Å². The van der Waals surface area contributed by atoms with Gasteiger partial charge in [0.2, 0.25) is 0 Å². The van der Waals surface area contributed by atoms with Gasteiger partial charge in [-0.05, 0) is 29.8 Å². The van der Waals surface area contributed by atoms with Crippen molar-refractivity contribution in [3.63, 3.8) is 0 Å². The van der Waals surface area contributed by atoms with E-state index in [4.69, 9.17) is 4.74 Å². The van der Waals surface area contributed by atoms with Crippen LogP contribution >= 0.6 is 0 Å². The number of rotatable bonds is 5. The smallest absolute Gasteiger partial charge is 0.287 e. The van der Waals surface area contributed by atoms with Gasteiger partial charge in [0.05, 0.1) is 18.2 Å². The summed E-state index contributed by atoms with van der Waals surface area (Å²) in [5.74, 6) is 0.752. The molecule has 0 saturated carbocycles. The summed E-state index contributed by atoms with van der Waals surface area (Å²) in [5, 5.41) is 24.0. The monoisotopic (exact) mass is 288 g/mol. The van der Waals surface area contributed by atoms with E-state index in [-0.39, 0.29) is 11.4 Å². The second-order valence-electron chi connectivity index (χ2n) is 3.96. The maximum Gasteiger partial charge on any atom is 0.287 e. The normalized spacial score (nSPS) is 10.5. The molecule has 0 aliphatic heterocycles. The summed E-state index contributed by atoms with van der Waals surface area (Å²) in [6.07, 6.45) is 2.61. The average molecular weight is 288 g/mol. The Morgan fingerprint density at radius 1 is 1.43 bits per heavy atom. The van der Waals surface area contributed by atoms with E-state index < -0.39 is 4.92 Å². The van der Waals surface area contributed by atoms with Gasteiger partial charge < -0.3 is 9.84 Å². The number of phenolic OH excluding ortho intramolecular Hbond substituents is 1. The number of nitro groups is 1. The molecule has 1 heterocycles. The zero-order chi connectivity index (χ0) is 15.2. The molecule has 0 aliphatic carbocycles. The third kappa shape index (κ3) is 3.66. The highest BCUT2D eigenvalue weighted by Crippen LogP contribution is 2.25. The molecule has 21 heavy (non-hydrogen) atoms. The molecule has 2 N–H and O–H groups in total. The van der Waals surface area contributed by atoms with E-state index in [0.717, 1.165) is 6.20 Å². The van der Waals surface area contributed by atoms with Crippen LogP contribution in [0.15, 0.2) is 41.6 Å². The van der Waals surface area contributed by atoms with Crippen LogP contribution in [0.25, 0.3) is 0 Å². The second kappa shape index (κ2) is 6.33. The first-order chi connectivity index (χ1) is 10.1. The lowest BCUT2D eigenvalue weighted by Crippen LogP contribution is -1.95. The number of benzene rings is 1. The first-order valence-corrected chi connectivity index (χ1v) is 5.86. The molecule has 108 valence electrons. The standard InChI is InChI=1S/C13H12N4O4/c1-21-12-4-2-9(6-11(12)18)7-15-16-13-5-3-10(8-14-13)17(19)20/h2-8,18H,1H3,(H,14,16)/b15-7+. The molecule has 1 aromatic heterocycles. The van der Waals surface area contributed by atoms with Crippen molar-refractivity contribution in [3.05, 3.63) is 52.2 Å². The summed E-state index contributed by atoms with van der Waals surface area (Å²) in [6, 6.07) is 7.59. The molecule has 2 rings (SSSR count). The molecule has 2 aromatic rings. The van der Waals surface area contributed by atoms with E-state index in [9.17, 15) is 15.2 Å². The minimum Gasteiger partial charge on any atom is -0.504 e. The van der Waals surface area contributed by atoms with Crippen molar-refractivity contribution in [2.45, 2.75) is 0 Å². The summed E-state index contributed by atoms with van der Waals surface area (Å²) in [5.41, 5.74) is 3.19. The lowest BCUT2D eigenvalue weighted by molar-refractivity contribution is -0.385. The molecule has 8 heteroatoms. The molecule has 0 unspecified atom stereocenters. The Labute approximate surface area is 119 Å². The first kappa shape index (κ1) is 14.3. The van der Waals surface area contributed by atoms with Crippen molar-refractivity contribution >= 4 is 17.7 Å². The van der Waals surface area contributed by atoms with Gasteiger partial charge in [0.15, 0.2) is 11.5 Å². The highest BCUT2D eigenvalue weighted by Gasteiger charge is 2.04. The maximum atomic E-state index is 10.5. The summed E-state index contributed by atoms with van der Waals surface area (Å²) in [6.45, 7) is 0. The van der Waals surface area contributed by atoms with Crippen LogP contribution in [-0.4, -0.2) is 28.3 Å². The molecule has 0 aliphatic rings. The largest absolute Gasteiger partial charge is 0.504 e. The van der Waals surface area contributed by atoms with Gasteiger partial charge in [0.25, 0.3) is 5.69 Å². The molecule has 0 amide bonds. The molecular formula is C13H12N4O4. The fourth-order valence-corrected chi connectivity index (χ4v) is 1.52.